The lowest BCUT2D eigenvalue weighted by Crippen LogP contribution is -2.16. The lowest BCUT2D eigenvalue weighted by molar-refractivity contribution is 0.0772. The van der Waals surface area contributed by atoms with E-state index in [9.17, 15) is 0 Å². The van der Waals surface area contributed by atoms with Crippen LogP contribution in [0, 0.1) is 0 Å². The third kappa shape index (κ3) is 16.5. The molecule has 0 aliphatic heterocycles. The summed E-state index contributed by atoms with van der Waals surface area (Å²) in [5.74, 6) is 0. The summed E-state index contributed by atoms with van der Waals surface area (Å²) in [6, 6.07) is 0. The number of hydrogen-bond acceptors (Lipinski definition) is 2. The van der Waals surface area contributed by atoms with Crippen LogP contribution in [-0.4, -0.2) is 25.8 Å². The van der Waals surface area contributed by atoms with Gasteiger partial charge in [-0.2, -0.15) is 0 Å². The van der Waals surface area contributed by atoms with Gasteiger partial charge in [0.15, 0.2) is 0 Å². The molecule has 0 spiro atoms. The van der Waals surface area contributed by atoms with Crippen LogP contribution in [0.1, 0.15) is 41.0 Å². The second-order valence-corrected chi connectivity index (χ2v) is 2.63. The van der Waals surface area contributed by atoms with Crippen molar-refractivity contribution < 1.29 is 4.74 Å². The van der Waals surface area contributed by atoms with Gasteiger partial charge in [-0.25, -0.2) is 0 Å². The van der Waals surface area contributed by atoms with Gasteiger partial charge < -0.3 is 10.1 Å². The topological polar surface area (TPSA) is 21.3 Å². The Morgan fingerprint density at radius 3 is 2.25 bits per heavy atom. The second-order valence-electron chi connectivity index (χ2n) is 2.63. The van der Waals surface area contributed by atoms with E-state index in [4.69, 9.17) is 4.74 Å². The highest BCUT2D eigenvalue weighted by Gasteiger charge is 1.91. The quantitative estimate of drug-likeness (QED) is 0.626. The summed E-state index contributed by atoms with van der Waals surface area (Å²) in [4.78, 5) is 0. The van der Waals surface area contributed by atoms with Crippen molar-refractivity contribution in [3.8, 4) is 0 Å². The molecule has 0 rings (SSSR count). The smallest absolute Gasteiger partial charge is 0.0518 e. The largest absolute Gasteiger partial charge is 0.379 e. The molecule has 0 atom stereocenters. The minimum absolute atomic E-state index is 0.377. The molecule has 0 unspecified atom stereocenters. The molecule has 0 saturated carbocycles. The molecule has 0 saturated heterocycles. The molecular formula is C10H25NO. The van der Waals surface area contributed by atoms with E-state index in [1.165, 1.54) is 0 Å². The highest BCUT2D eigenvalue weighted by Crippen LogP contribution is 1.88. The van der Waals surface area contributed by atoms with Gasteiger partial charge in [-0.15, -0.1) is 0 Å². The van der Waals surface area contributed by atoms with Crippen molar-refractivity contribution in [1.29, 1.82) is 0 Å². The molecule has 2 heteroatoms. The lowest BCUT2D eigenvalue weighted by Gasteiger charge is -2.06. The summed E-state index contributed by atoms with van der Waals surface area (Å²) in [5, 5.41) is 3.24. The minimum Gasteiger partial charge on any atom is -0.379 e. The molecule has 0 aromatic rings. The second kappa shape index (κ2) is 13.5. The lowest BCUT2D eigenvalue weighted by atomic mass is 10.4. The number of nitrogens with one attached hydrogen (secondary N) is 1. The van der Waals surface area contributed by atoms with Crippen LogP contribution in [0.5, 0.6) is 0 Å². The van der Waals surface area contributed by atoms with Crippen LogP contribution in [0.2, 0.25) is 0 Å². The van der Waals surface area contributed by atoms with E-state index < -0.39 is 0 Å². The average molecular weight is 175 g/mol. The van der Waals surface area contributed by atoms with Crippen molar-refractivity contribution in [1.82, 2.24) is 5.32 Å². The van der Waals surface area contributed by atoms with Crippen LogP contribution in [-0.2, 0) is 4.74 Å². The van der Waals surface area contributed by atoms with Crippen molar-refractivity contribution in [2.45, 2.75) is 47.1 Å². The van der Waals surface area contributed by atoms with E-state index in [0.29, 0.717) is 6.10 Å². The maximum absolute atomic E-state index is 5.35. The van der Waals surface area contributed by atoms with Gasteiger partial charge in [0.25, 0.3) is 0 Å². The fourth-order valence-corrected chi connectivity index (χ4v) is 0.693. The molecule has 12 heavy (non-hydrogen) atoms. The van der Waals surface area contributed by atoms with Crippen molar-refractivity contribution in [3.05, 3.63) is 0 Å². The summed E-state index contributed by atoms with van der Waals surface area (Å²) in [7, 11) is 0. The van der Waals surface area contributed by atoms with Gasteiger partial charge in [-0.05, 0) is 33.4 Å². The summed E-state index contributed by atoms with van der Waals surface area (Å²) in [6.45, 7) is 13.2. The van der Waals surface area contributed by atoms with Crippen molar-refractivity contribution in [3.63, 3.8) is 0 Å². The monoisotopic (exact) mass is 175 g/mol. The van der Waals surface area contributed by atoms with Gasteiger partial charge in [0.1, 0.15) is 0 Å². The van der Waals surface area contributed by atoms with E-state index in [2.05, 4.69) is 26.1 Å². The van der Waals surface area contributed by atoms with Crippen LogP contribution in [0.3, 0.4) is 0 Å². The zero-order chi connectivity index (χ0) is 9.82. The highest BCUT2D eigenvalue weighted by atomic mass is 16.5. The van der Waals surface area contributed by atoms with Gasteiger partial charge in [0.2, 0.25) is 0 Å². The van der Waals surface area contributed by atoms with Gasteiger partial charge in [0, 0.05) is 6.61 Å². The van der Waals surface area contributed by atoms with E-state index in [-0.39, 0.29) is 0 Å². The predicted octanol–water partition coefficient (Wildman–Crippen LogP) is 2.44. The zero-order valence-electron chi connectivity index (χ0n) is 9.31. The van der Waals surface area contributed by atoms with Crippen LogP contribution < -0.4 is 5.32 Å². The molecule has 0 radical (unpaired) electrons. The first-order valence-electron chi connectivity index (χ1n) is 5.09. The third-order valence-corrected chi connectivity index (χ3v) is 1.20. The molecule has 0 bridgehead atoms. The minimum atomic E-state index is 0.377. The molecule has 2 nitrogen and oxygen atoms in total. The fourth-order valence-electron chi connectivity index (χ4n) is 0.693. The SMILES string of the molecule is CC.CCNCCCOC(C)C. The molecule has 0 fully saturated rings. The summed E-state index contributed by atoms with van der Waals surface area (Å²) in [5.41, 5.74) is 0. The van der Waals surface area contributed by atoms with Crippen LogP contribution in [0.25, 0.3) is 0 Å². The summed E-state index contributed by atoms with van der Waals surface area (Å²) >= 11 is 0. The maximum Gasteiger partial charge on any atom is 0.0518 e. The Balaban J connectivity index is 0. The fraction of sp³-hybridized carbons (Fsp3) is 1.00. The van der Waals surface area contributed by atoms with Crippen LogP contribution in [0.15, 0.2) is 0 Å². The first kappa shape index (κ1) is 14.4. The van der Waals surface area contributed by atoms with Crippen LogP contribution >= 0.6 is 0 Å². The highest BCUT2D eigenvalue weighted by molar-refractivity contribution is 4.44. The molecule has 0 aliphatic rings. The first-order valence-corrected chi connectivity index (χ1v) is 5.09. The van der Waals surface area contributed by atoms with Crippen molar-refractivity contribution >= 4 is 0 Å². The standard InChI is InChI=1S/C8H19NO.C2H6/c1-4-9-6-5-7-10-8(2)3;1-2/h8-9H,4-7H2,1-3H3;1-2H3. The summed E-state index contributed by atoms with van der Waals surface area (Å²) in [6.07, 6.45) is 1.49. The van der Waals surface area contributed by atoms with E-state index in [0.717, 1.165) is 26.1 Å². The van der Waals surface area contributed by atoms with E-state index in [1.807, 2.05) is 13.8 Å². The molecular weight excluding hydrogens is 150 g/mol. The Bertz CT molecular complexity index is 64.9. The molecule has 1 N–H and O–H groups in total. The van der Waals surface area contributed by atoms with Gasteiger partial charge >= 0.3 is 0 Å². The Morgan fingerprint density at radius 1 is 1.25 bits per heavy atom. The van der Waals surface area contributed by atoms with Crippen LogP contribution in [0.4, 0.5) is 0 Å². The molecule has 0 aromatic heterocycles. The molecule has 0 heterocycles. The Hall–Kier alpha value is -0.0800. The predicted molar refractivity (Wildman–Crippen MR) is 55.6 cm³/mol. The Morgan fingerprint density at radius 2 is 1.83 bits per heavy atom. The average Bonchev–Trinajstić information content (AvgIpc) is 2.07. The Labute approximate surface area is 77.7 Å². The molecule has 0 aromatic carbocycles. The van der Waals surface area contributed by atoms with Gasteiger partial charge in [-0.3, -0.25) is 0 Å². The summed E-state index contributed by atoms with van der Waals surface area (Å²) < 4.78 is 5.35. The number of hydrogen-bond donors (Lipinski definition) is 1. The first-order chi connectivity index (χ1) is 5.77. The molecule has 0 amide bonds. The van der Waals surface area contributed by atoms with Gasteiger partial charge in [-0.1, -0.05) is 20.8 Å². The molecule has 76 valence electrons. The van der Waals surface area contributed by atoms with Crippen molar-refractivity contribution in [2.75, 3.05) is 19.7 Å². The Kier molecular flexibility index (Phi) is 16.3. The number of ether oxygens (including phenoxy) is 1. The van der Waals surface area contributed by atoms with Crippen molar-refractivity contribution in [2.24, 2.45) is 0 Å². The zero-order valence-corrected chi connectivity index (χ0v) is 9.31. The van der Waals surface area contributed by atoms with Gasteiger partial charge in [0.05, 0.1) is 6.10 Å². The molecule has 0 aliphatic carbocycles. The maximum atomic E-state index is 5.35. The number of rotatable bonds is 6. The third-order valence-electron chi connectivity index (χ3n) is 1.20. The van der Waals surface area contributed by atoms with E-state index >= 15 is 0 Å². The normalized spacial score (nSPS) is 9.50. The van der Waals surface area contributed by atoms with E-state index in [1.54, 1.807) is 0 Å².